The number of benzene rings is 1. The largest absolute Gasteiger partial charge is 0.495 e. The summed E-state index contributed by atoms with van der Waals surface area (Å²) in [6.45, 7) is 1.59. The number of nitrogens with zero attached hydrogens (tertiary/aromatic N) is 3. The van der Waals surface area contributed by atoms with Gasteiger partial charge in [-0.25, -0.2) is 4.98 Å². The molecule has 7 nitrogen and oxygen atoms in total. The number of thiophene rings is 1. The minimum atomic E-state index is 0.0707. The Kier molecular flexibility index (Phi) is 4.74. The Hall–Kier alpha value is -4.30. The summed E-state index contributed by atoms with van der Waals surface area (Å²) in [6, 6.07) is 16.0. The molecule has 5 aromatic heterocycles. The number of H-pyrrole nitrogens is 2. The number of carbonyl (C=O) groups excluding carboxylic acids is 1. The third kappa shape index (κ3) is 3.36. The smallest absolute Gasteiger partial charge is 0.169 e. The van der Waals surface area contributed by atoms with Gasteiger partial charge in [0.15, 0.2) is 5.78 Å². The van der Waals surface area contributed by atoms with Gasteiger partial charge in [-0.15, -0.1) is 11.3 Å². The van der Waals surface area contributed by atoms with Gasteiger partial charge in [-0.05, 0) is 55.0 Å². The van der Waals surface area contributed by atoms with E-state index in [9.17, 15) is 4.79 Å². The van der Waals surface area contributed by atoms with Gasteiger partial charge in [0.05, 0.1) is 29.4 Å². The van der Waals surface area contributed by atoms with Crippen LogP contribution in [0.5, 0.6) is 5.75 Å². The van der Waals surface area contributed by atoms with E-state index in [2.05, 4.69) is 37.3 Å². The summed E-state index contributed by atoms with van der Waals surface area (Å²) < 4.78 is 5.33. The summed E-state index contributed by atoms with van der Waals surface area (Å²) in [7, 11) is 1.63. The number of nitrogens with one attached hydrogen (secondary N) is 2. The quantitative estimate of drug-likeness (QED) is 0.300. The molecule has 5 heterocycles. The summed E-state index contributed by atoms with van der Waals surface area (Å²) in [6.07, 6.45) is 5.29. The van der Waals surface area contributed by atoms with Gasteiger partial charge in [-0.2, -0.15) is 5.10 Å². The molecule has 0 saturated heterocycles. The molecule has 2 N–H and O–H groups in total. The highest BCUT2D eigenvalue weighted by atomic mass is 32.1. The van der Waals surface area contributed by atoms with Crippen LogP contribution in [0.2, 0.25) is 0 Å². The summed E-state index contributed by atoms with van der Waals surface area (Å²) >= 11 is 1.49. The molecule has 0 spiro atoms. The predicted molar refractivity (Wildman–Crippen MR) is 134 cm³/mol. The van der Waals surface area contributed by atoms with Crippen molar-refractivity contribution in [3.05, 3.63) is 72.0 Å². The molecule has 0 atom stereocenters. The van der Waals surface area contributed by atoms with Crippen LogP contribution in [-0.2, 0) is 0 Å². The number of carbonyl (C=O) groups is 1. The number of aromatic nitrogens is 5. The van der Waals surface area contributed by atoms with Crippen molar-refractivity contribution in [1.29, 1.82) is 0 Å². The van der Waals surface area contributed by atoms with Gasteiger partial charge in [-0.3, -0.25) is 14.9 Å². The Morgan fingerprint density at radius 1 is 1.00 bits per heavy atom. The molecule has 0 aliphatic rings. The van der Waals surface area contributed by atoms with E-state index in [1.807, 2.05) is 42.6 Å². The molecule has 8 heteroatoms. The summed E-state index contributed by atoms with van der Waals surface area (Å²) in [5.41, 5.74) is 6.41. The third-order valence-corrected chi connectivity index (χ3v) is 7.07. The highest BCUT2D eigenvalue weighted by Gasteiger charge is 2.16. The first kappa shape index (κ1) is 20.3. The number of aromatic amines is 2. The van der Waals surface area contributed by atoms with E-state index in [-0.39, 0.29) is 5.78 Å². The molecule has 0 bridgehead atoms. The summed E-state index contributed by atoms with van der Waals surface area (Å²) in [5.74, 6) is 0.780. The minimum Gasteiger partial charge on any atom is -0.495 e. The van der Waals surface area contributed by atoms with E-state index in [4.69, 9.17) is 4.74 Å². The standard InChI is InChI=1S/C26H19N5O2S/c1-14(32)23-5-6-24(34-23)18-7-8-28-26-19(18)11-22(29-26)25-20-10-15(3-4-21(20)30-31-25)16-9-17(33-2)13-27-12-16/h3-13H,1-2H3,(H,28,29)(H,30,31). The number of hydrogen-bond donors (Lipinski definition) is 2. The van der Waals surface area contributed by atoms with Crippen molar-refractivity contribution >= 4 is 39.1 Å². The van der Waals surface area contributed by atoms with Gasteiger partial charge >= 0.3 is 0 Å². The van der Waals surface area contributed by atoms with E-state index in [1.165, 1.54) is 11.3 Å². The van der Waals surface area contributed by atoms with E-state index < -0.39 is 0 Å². The fraction of sp³-hybridized carbons (Fsp3) is 0.0769. The zero-order valence-electron chi connectivity index (χ0n) is 18.4. The number of Topliss-reactive ketones (excluding diaryl/α,β-unsaturated/α-hetero) is 1. The van der Waals surface area contributed by atoms with Crippen molar-refractivity contribution in [2.45, 2.75) is 6.92 Å². The Bertz CT molecular complexity index is 1690. The molecule has 1 aromatic carbocycles. The van der Waals surface area contributed by atoms with E-state index >= 15 is 0 Å². The fourth-order valence-corrected chi connectivity index (χ4v) is 5.07. The lowest BCUT2D eigenvalue weighted by atomic mass is 10.0. The lowest BCUT2D eigenvalue weighted by molar-refractivity contribution is 0.102. The molecule has 0 aliphatic carbocycles. The molecule has 6 rings (SSSR count). The molecule has 0 amide bonds. The van der Waals surface area contributed by atoms with Crippen LogP contribution in [0.3, 0.4) is 0 Å². The Morgan fingerprint density at radius 2 is 1.91 bits per heavy atom. The second-order valence-corrected chi connectivity index (χ2v) is 9.05. The SMILES string of the molecule is COc1cncc(-c2ccc3[nH]nc(-c4cc5c(-c6ccc(C(C)=O)s6)ccnc5[nH]4)c3c2)c1. The monoisotopic (exact) mass is 465 g/mol. The van der Waals surface area contributed by atoms with Crippen LogP contribution >= 0.6 is 11.3 Å². The molecule has 34 heavy (non-hydrogen) atoms. The molecular formula is C26H19N5O2S. The third-order valence-electron chi connectivity index (χ3n) is 5.85. The number of ketones is 1. The molecular weight excluding hydrogens is 446 g/mol. The topological polar surface area (TPSA) is 96.6 Å². The van der Waals surface area contributed by atoms with Gasteiger partial charge in [-0.1, -0.05) is 6.07 Å². The number of fused-ring (bicyclic) bond motifs is 2. The van der Waals surface area contributed by atoms with Gasteiger partial charge in [0.25, 0.3) is 0 Å². The van der Waals surface area contributed by atoms with Crippen LogP contribution < -0.4 is 4.74 Å². The van der Waals surface area contributed by atoms with Crippen molar-refractivity contribution in [2.75, 3.05) is 7.11 Å². The molecule has 0 fully saturated rings. The molecule has 0 unspecified atom stereocenters. The average molecular weight is 466 g/mol. The minimum absolute atomic E-state index is 0.0707. The Morgan fingerprint density at radius 3 is 2.74 bits per heavy atom. The average Bonchev–Trinajstić information content (AvgIpc) is 3.61. The van der Waals surface area contributed by atoms with Gasteiger partial charge in [0, 0.05) is 39.2 Å². The van der Waals surface area contributed by atoms with Gasteiger partial charge < -0.3 is 9.72 Å². The number of hydrogen-bond acceptors (Lipinski definition) is 6. The van der Waals surface area contributed by atoms with Crippen LogP contribution in [0.15, 0.2) is 67.1 Å². The summed E-state index contributed by atoms with van der Waals surface area (Å²) in [4.78, 5) is 25.8. The van der Waals surface area contributed by atoms with Crippen LogP contribution in [0.1, 0.15) is 16.6 Å². The first-order valence-electron chi connectivity index (χ1n) is 10.7. The van der Waals surface area contributed by atoms with Crippen LogP contribution in [0.4, 0.5) is 0 Å². The molecule has 0 aliphatic heterocycles. The van der Waals surface area contributed by atoms with Crippen LogP contribution in [0, 0.1) is 0 Å². The van der Waals surface area contributed by atoms with Crippen LogP contribution in [0.25, 0.3) is 54.9 Å². The molecule has 0 radical (unpaired) electrons. The molecule has 0 saturated carbocycles. The second-order valence-electron chi connectivity index (χ2n) is 7.97. The fourth-order valence-electron chi connectivity index (χ4n) is 4.13. The first-order valence-corrected chi connectivity index (χ1v) is 11.5. The van der Waals surface area contributed by atoms with Crippen molar-refractivity contribution in [2.24, 2.45) is 0 Å². The summed E-state index contributed by atoms with van der Waals surface area (Å²) in [5, 5.41) is 9.70. The maximum atomic E-state index is 11.8. The van der Waals surface area contributed by atoms with Gasteiger partial charge in [0.2, 0.25) is 0 Å². The lowest BCUT2D eigenvalue weighted by Gasteiger charge is -2.04. The number of rotatable bonds is 5. The predicted octanol–water partition coefficient (Wildman–Crippen LogP) is 6.11. The zero-order valence-corrected chi connectivity index (χ0v) is 19.2. The van der Waals surface area contributed by atoms with E-state index in [0.717, 1.165) is 59.8 Å². The maximum absolute atomic E-state index is 11.8. The van der Waals surface area contributed by atoms with E-state index in [1.54, 1.807) is 26.4 Å². The highest BCUT2D eigenvalue weighted by Crippen LogP contribution is 2.37. The Balaban J connectivity index is 1.47. The highest BCUT2D eigenvalue weighted by molar-refractivity contribution is 7.17. The van der Waals surface area contributed by atoms with E-state index in [0.29, 0.717) is 5.75 Å². The second kappa shape index (κ2) is 7.93. The van der Waals surface area contributed by atoms with Crippen molar-refractivity contribution in [3.63, 3.8) is 0 Å². The number of ether oxygens (including phenoxy) is 1. The first-order chi connectivity index (χ1) is 16.6. The van der Waals surface area contributed by atoms with Crippen molar-refractivity contribution in [1.82, 2.24) is 25.1 Å². The zero-order chi connectivity index (χ0) is 23.2. The molecule has 166 valence electrons. The van der Waals surface area contributed by atoms with Crippen LogP contribution in [-0.4, -0.2) is 38.0 Å². The van der Waals surface area contributed by atoms with Crippen molar-refractivity contribution in [3.8, 4) is 38.7 Å². The molecule has 6 aromatic rings. The van der Waals surface area contributed by atoms with Crippen molar-refractivity contribution < 1.29 is 9.53 Å². The number of pyridine rings is 2. The van der Waals surface area contributed by atoms with Gasteiger partial charge in [0.1, 0.15) is 17.1 Å². The Labute approximate surface area is 198 Å². The number of methoxy groups -OCH3 is 1. The lowest BCUT2D eigenvalue weighted by Crippen LogP contribution is -1.86. The maximum Gasteiger partial charge on any atom is 0.169 e. The normalized spacial score (nSPS) is 11.4.